The Labute approximate surface area is 124 Å². The van der Waals surface area contributed by atoms with Crippen LogP contribution in [0.3, 0.4) is 0 Å². The fraction of sp³-hybridized carbons (Fsp3) is 0.375. The molecule has 1 aromatic heterocycles. The molecule has 5 heteroatoms. The SMILES string of the molecule is Cc1ccc(N)cc1C(=O)NC(C)Cc1c(C)noc1C. The summed E-state index contributed by atoms with van der Waals surface area (Å²) in [5, 5.41) is 6.92. The van der Waals surface area contributed by atoms with Crippen molar-refractivity contribution >= 4 is 11.6 Å². The van der Waals surface area contributed by atoms with E-state index in [4.69, 9.17) is 10.3 Å². The summed E-state index contributed by atoms with van der Waals surface area (Å²) in [6, 6.07) is 5.32. The van der Waals surface area contributed by atoms with Gasteiger partial charge in [0.15, 0.2) is 0 Å². The van der Waals surface area contributed by atoms with Gasteiger partial charge >= 0.3 is 0 Å². The third-order valence-corrected chi connectivity index (χ3v) is 3.58. The molecule has 0 aliphatic rings. The van der Waals surface area contributed by atoms with Crippen LogP contribution in [0.4, 0.5) is 5.69 Å². The zero-order chi connectivity index (χ0) is 15.6. The molecule has 21 heavy (non-hydrogen) atoms. The van der Waals surface area contributed by atoms with E-state index in [1.807, 2.05) is 33.8 Å². The first kappa shape index (κ1) is 15.1. The van der Waals surface area contributed by atoms with Gasteiger partial charge in [-0.15, -0.1) is 0 Å². The van der Waals surface area contributed by atoms with Crippen LogP contribution in [-0.4, -0.2) is 17.1 Å². The molecule has 0 bridgehead atoms. The van der Waals surface area contributed by atoms with Crippen LogP contribution in [0, 0.1) is 20.8 Å². The second-order valence-electron chi connectivity index (χ2n) is 5.46. The summed E-state index contributed by atoms with van der Waals surface area (Å²) < 4.78 is 5.14. The molecule has 1 amide bonds. The number of nitrogen functional groups attached to an aromatic ring is 1. The highest BCUT2D eigenvalue weighted by molar-refractivity contribution is 5.96. The lowest BCUT2D eigenvalue weighted by molar-refractivity contribution is 0.0939. The Bertz CT molecular complexity index is 642. The van der Waals surface area contributed by atoms with Crippen LogP contribution in [-0.2, 0) is 6.42 Å². The minimum absolute atomic E-state index is 0.0184. The molecule has 112 valence electrons. The Morgan fingerprint density at radius 2 is 2.10 bits per heavy atom. The number of anilines is 1. The van der Waals surface area contributed by atoms with Gasteiger partial charge in [0.1, 0.15) is 5.76 Å². The van der Waals surface area contributed by atoms with E-state index in [1.54, 1.807) is 12.1 Å². The van der Waals surface area contributed by atoms with Gasteiger partial charge in [0.25, 0.3) is 5.91 Å². The van der Waals surface area contributed by atoms with Crippen LogP contribution in [0.25, 0.3) is 0 Å². The lowest BCUT2D eigenvalue weighted by atomic mass is 10.0. The zero-order valence-electron chi connectivity index (χ0n) is 12.9. The molecule has 3 N–H and O–H groups in total. The van der Waals surface area contributed by atoms with Gasteiger partial charge in [-0.3, -0.25) is 4.79 Å². The Kier molecular flexibility index (Phi) is 4.31. The molecule has 2 aromatic rings. The van der Waals surface area contributed by atoms with Crippen molar-refractivity contribution in [2.24, 2.45) is 0 Å². The standard InChI is InChI=1S/C16H21N3O2/c1-9-5-6-13(17)8-14(9)16(20)18-10(2)7-15-11(3)19-21-12(15)4/h5-6,8,10H,7,17H2,1-4H3,(H,18,20). The van der Waals surface area contributed by atoms with Crippen molar-refractivity contribution in [3.8, 4) is 0 Å². The summed E-state index contributed by atoms with van der Waals surface area (Å²) in [6.45, 7) is 7.65. The molecule has 0 saturated carbocycles. The fourth-order valence-corrected chi connectivity index (χ4v) is 2.34. The number of hydrogen-bond donors (Lipinski definition) is 2. The molecule has 2 rings (SSSR count). The first-order chi connectivity index (χ1) is 9.88. The van der Waals surface area contributed by atoms with E-state index in [-0.39, 0.29) is 11.9 Å². The highest BCUT2D eigenvalue weighted by Crippen LogP contribution is 2.16. The van der Waals surface area contributed by atoms with E-state index in [0.29, 0.717) is 17.7 Å². The molecule has 0 radical (unpaired) electrons. The molecule has 0 aliphatic heterocycles. The van der Waals surface area contributed by atoms with E-state index in [9.17, 15) is 4.79 Å². The molecule has 1 unspecified atom stereocenters. The molecule has 0 saturated heterocycles. The first-order valence-corrected chi connectivity index (χ1v) is 6.97. The smallest absolute Gasteiger partial charge is 0.251 e. The summed E-state index contributed by atoms with van der Waals surface area (Å²) in [4.78, 5) is 12.3. The second-order valence-corrected chi connectivity index (χ2v) is 5.46. The molecule has 5 nitrogen and oxygen atoms in total. The predicted octanol–water partition coefficient (Wildman–Crippen LogP) is 2.54. The van der Waals surface area contributed by atoms with Gasteiger partial charge in [-0.05, 0) is 51.8 Å². The molecule has 1 aromatic carbocycles. The van der Waals surface area contributed by atoms with Crippen molar-refractivity contribution in [3.05, 3.63) is 46.3 Å². The Morgan fingerprint density at radius 3 is 2.71 bits per heavy atom. The topological polar surface area (TPSA) is 81.2 Å². The fourth-order valence-electron chi connectivity index (χ4n) is 2.34. The third kappa shape index (κ3) is 3.42. The Balaban J connectivity index is 2.07. The van der Waals surface area contributed by atoms with Crippen molar-refractivity contribution in [1.29, 1.82) is 0 Å². The van der Waals surface area contributed by atoms with Crippen molar-refractivity contribution in [1.82, 2.24) is 10.5 Å². The van der Waals surface area contributed by atoms with Crippen LogP contribution in [0.5, 0.6) is 0 Å². The maximum atomic E-state index is 12.3. The molecule has 1 heterocycles. The Morgan fingerprint density at radius 1 is 1.38 bits per heavy atom. The number of nitrogens with zero attached hydrogens (tertiary/aromatic N) is 1. The second kappa shape index (κ2) is 5.99. The van der Waals surface area contributed by atoms with Gasteiger partial charge in [-0.1, -0.05) is 11.2 Å². The number of carbonyl (C=O) groups excluding carboxylic acids is 1. The lowest BCUT2D eigenvalue weighted by Crippen LogP contribution is -2.34. The minimum atomic E-state index is -0.112. The Hall–Kier alpha value is -2.30. The molecule has 0 fully saturated rings. The highest BCUT2D eigenvalue weighted by atomic mass is 16.5. The number of carbonyl (C=O) groups is 1. The van der Waals surface area contributed by atoms with E-state index in [1.165, 1.54) is 0 Å². The normalized spacial score (nSPS) is 12.2. The number of nitrogens with one attached hydrogen (secondary N) is 1. The van der Waals surface area contributed by atoms with Crippen LogP contribution in [0.15, 0.2) is 22.7 Å². The molecular weight excluding hydrogens is 266 g/mol. The van der Waals surface area contributed by atoms with Gasteiger partial charge in [0.05, 0.1) is 5.69 Å². The molecular formula is C16H21N3O2. The minimum Gasteiger partial charge on any atom is -0.399 e. The average Bonchev–Trinajstić information content (AvgIpc) is 2.73. The van der Waals surface area contributed by atoms with E-state index in [2.05, 4.69) is 10.5 Å². The number of aromatic nitrogens is 1. The third-order valence-electron chi connectivity index (χ3n) is 3.58. The lowest BCUT2D eigenvalue weighted by Gasteiger charge is -2.15. The molecule has 0 aliphatic carbocycles. The van der Waals surface area contributed by atoms with Gasteiger partial charge in [0, 0.05) is 22.9 Å². The van der Waals surface area contributed by atoms with Gasteiger partial charge in [-0.2, -0.15) is 0 Å². The monoisotopic (exact) mass is 287 g/mol. The van der Waals surface area contributed by atoms with Crippen molar-refractivity contribution < 1.29 is 9.32 Å². The van der Waals surface area contributed by atoms with Crippen LogP contribution >= 0.6 is 0 Å². The summed E-state index contributed by atoms with van der Waals surface area (Å²) in [6.07, 6.45) is 0.689. The predicted molar refractivity (Wildman–Crippen MR) is 82.2 cm³/mol. The van der Waals surface area contributed by atoms with Crippen LogP contribution in [0.1, 0.15) is 39.9 Å². The number of amides is 1. The van der Waals surface area contributed by atoms with E-state index >= 15 is 0 Å². The first-order valence-electron chi connectivity index (χ1n) is 6.97. The van der Waals surface area contributed by atoms with Crippen molar-refractivity contribution in [2.75, 3.05) is 5.73 Å². The summed E-state index contributed by atoms with van der Waals surface area (Å²) in [7, 11) is 0. The maximum Gasteiger partial charge on any atom is 0.251 e. The highest BCUT2D eigenvalue weighted by Gasteiger charge is 2.16. The summed E-state index contributed by atoms with van der Waals surface area (Å²) in [5.41, 5.74) is 9.77. The number of aryl methyl sites for hydroxylation is 3. The van der Waals surface area contributed by atoms with Crippen LogP contribution < -0.4 is 11.1 Å². The summed E-state index contributed by atoms with van der Waals surface area (Å²) >= 11 is 0. The van der Waals surface area contributed by atoms with Gasteiger partial charge < -0.3 is 15.6 Å². The number of rotatable bonds is 4. The van der Waals surface area contributed by atoms with Crippen molar-refractivity contribution in [3.63, 3.8) is 0 Å². The largest absolute Gasteiger partial charge is 0.399 e. The number of hydrogen-bond acceptors (Lipinski definition) is 4. The van der Waals surface area contributed by atoms with Crippen molar-refractivity contribution in [2.45, 2.75) is 40.2 Å². The van der Waals surface area contributed by atoms with Crippen LogP contribution in [0.2, 0.25) is 0 Å². The number of nitrogens with two attached hydrogens (primary N) is 1. The molecule has 0 spiro atoms. The maximum absolute atomic E-state index is 12.3. The van der Waals surface area contributed by atoms with Gasteiger partial charge in [-0.25, -0.2) is 0 Å². The number of benzene rings is 1. The zero-order valence-corrected chi connectivity index (χ0v) is 12.9. The van der Waals surface area contributed by atoms with Gasteiger partial charge in [0.2, 0.25) is 0 Å². The summed E-state index contributed by atoms with van der Waals surface area (Å²) in [5.74, 6) is 0.688. The van der Waals surface area contributed by atoms with E-state index in [0.717, 1.165) is 22.6 Å². The van der Waals surface area contributed by atoms with E-state index < -0.39 is 0 Å². The quantitative estimate of drug-likeness (QED) is 0.847. The average molecular weight is 287 g/mol. The molecule has 1 atom stereocenters.